The summed E-state index contributed by atoms with van der Waals surface area (Å²) in [4.78, 5) is 15.5. The van der Waals surface area contributed by atoms with Gasteiger partial charge in [-0.1, -0.05) is 153 Å². The fourth-order valence-corrected chi connectivity index (χ4v) is 10.9. The summed E-state index contributed by atoms with van der Waals surface area (Å²) in [6.45, 7) is 4.86. The summed E-state index contributed by atoms with van der Waals surface area (Å²) in [5.41, 5.74) is 9.49. The molecule has 9 aromatic rings. The number of rotatable bonds is 4. The fraction of sp³-hybridized carbons (Fsp3) is 0.0444. The molecule has 0 spiro atoms. The standard InChI is InChI=1S/C45H31N3OSi/c1-50(2)38-22-11-9-19-35(38)41-39(50)27-36(40-34-18-8-10-21-37(34)49-42(40)41)45-47-43(30-14-4-3-5-15-30)46-44(48-45)31-25-23-29(24-26-31)33-20-12-16-28-13-6-7-17-32(28)33/h3-27H,1-2H3. The molecule has 0 saturated carbocycles. The van der Waals surface area contributed by atoms with E-state index in [2.05, 4.69) is 140 Å². The summed E-state index contributed by atoms with van der Waals surface area (Å²) >= 11 is 0. The molecule has 2 aromatic heterocycles. The number of para-hydroxylation sites is 1. The molecule has 236 valence electrons. The zero-order chi connectivity index (χ0) is 33.4. The van der Waals surface area contributed by atoms with Crippen molar-refractivity contribution in [3.05, 3.63) is 152 Å². The molecule has 5 heteroatoms. The van der Waals surface area contributed by atoms with Crippen LogP contribution in [0.25, 0.3) is 89.1 Å². The highest BCUT2D eigenvalue weighted by molar-refractivity contribution is 7.04. The Morgan fingerprint density at radius 3 is 1.88 bits per heavy atom. The van der Waals surface area contributed by atoms with Crippen LogP contribution < -0.4 is 10.4 Å². The van der Waals surface area contributed by atoms with E-state index in [0.29, 0.717) is 17.5 Å². The molecule has 0 N–H and O–H groups in total. The van der Waals surface area contributed by atoms with Gasteiger partial charge in [0.1, 0.15) is 19.2 Å². The van der Waals surface area contributed by atoms with E-state index in [1.807, 2.05) is 24.3 Å². The van der Waals surface area contributed by atoms with Gasteiger partial charge in [-0.25, -0.2) is 15.0 Å². The molecule has 10 rings (SSSR count). The predicted molar refractivity (Wildman–Crippen MR) is 209 cm³/mol. The molecule has 7 aromatic carbocycles. The summed E-state index contributed by atoms with van der Waals surface area (Å²) in [6, 6.07) is 53.3. The number of fused-ring (bicyclic) bond motifs is 8. The molecule has 50 heavy (non-hydrogen) atoms. The van der Waals surface area contributed by atoms with E-state index >= 15 is 0 Å². The van der Waals surface area contributed by atoms with Crippen LogP contribution in [-0.2, 0) is 0 Å². The van der Waals surface area contributed by atoms with Crippen LogP contribution in [0.2, 0.25) is 13.1 Å². The summed E-state index contributed by atoms with van der Waals surface area (Å²) in [5, 5.41) is 7.35. The molecular formula is C45H31N3OSi. The lowest BCUT2D eigenvalue weighted by Crippen LogP contribution is -2.49. The van der Waals surface area contributed by atoms with E-state index in [1.54, 1.807) is 0 Å². The molecule has 3 heterocycles. The monoisotopic (exact) mass is 657 g/mol. The van der Waals surface area contributed by atoms with Gasteiger partial charge < -0.3 is 4.42 Å². The first kappa shape index (κ1) is 28.8. The van der Waals surface area contributed by atoms with Crippen LogP contribution in [0, 0.1) is 0 Å². The van der Waals surface area contributed by atoms with Crippen molar-refractivity contribution >= 4 is 51.2 Å². The number of aromatic nitrogens is 3. The Kier molecular flexibility index (Phi) is 6.29. The van der Waals surface area contributed by atoms with Crippen LogP contribution in [-0.4, -0.2) is 23.0 Å². The third kappa shape index (κ3) is 4.33. The normalized spacial score (nSPS) is 13.2. The Balaban J connectivity index is 1.21. The molecule has 1 aliphatic rings. The lowest BCUT2D eigenvalue weighted by molar-refractivity contribution is 0.670. The van der Waals surface area contributed by atoms with Gasteiger partial charge in [-0.15, -0.1) is 0 Å². The summed E-state index contributed by atoms with van der Waals surface area (Å²) in [6.07, 6.45) is 0. The highest BCUT2D eigenvalue weighted by atomic mass is 28.3. The van der Waals surface area contributed by atoms with E-state index in [-0.39, 0.29) is 0 Å². The molecular weight excluding hydrogens is 627 g/mol. The average Bonchev–Trinajstić information content (AvgIpc) is 3.67. The quantitative estimate of drug-likeness (QED) is 0.177. The summed E-state index contributed by atoms with van der Waals surface area (Å²) in [5.74, 6) is 1.93. The molecule has 4 nitrogen and oxygen atoms in total. The van der Waals surface area contributed by atoms with Crippen molar-refractivity contribution in [3.63, 3.8) is 0 Å². The SMILES string of the molecule is C[Si]1(C)c2ccccc2-c2c1cc(-c1nc(-c3ccccc3)nc(-c3ccc(-c4cccc5ccccc45)cc3)n1)c1c2oc2ccccc21. The summed E-state index contributed by atoms with van der Waals surface area (Å²) < 4.78 is 6.77. The van der Waals surface area contributed by atoms with Crippen LogP contribution >= 0.6 is 0 Å². The van der Waals surface area contributed by atoms with Gasteiger partial charge in [0.25, 0.3) is 0 Å². The topological polar surface area (TPSA) is 51.8 Å². The minimum Gasteiger partial charge on any atom is -0.455 e. The van der Waals surface area contributed by atoms with Gasteiger partial charge >= 0.3 is 0 Å². The zero-order valence-electron chi connectivity index (χ0n) is 27.7. The van der Waals surface area contributed by atoms with Gasteiger partial charge in [0, 0.05) is 33.0 Å². The van der Waals surface area contributed by atoms with Crippen LogP contribution in [0.1, 0.15) is 0 Å². The largest absolute Gasteiger partial charge is 0.455 e. The Bertz CT molecular complexity index is 2780. The Labute approximate surface area is 290 Å². The number of furan rings is 1. The smallest absolute Gasteiger partial charge is 0.164 e. The third-order valence-electron chi connectivity index (χ3n) is 10.3. The maximum Gasteiger partial charge on any atom is 0.164 e. The average molecular weight is 658 g/mol. The molecule has 0 atom stereocenters. The Morgan fingerprint density at radius 2 is 1.06 bits per heavy atom. The Morgan fingerprint density at radius 1 is 0.460 bits per heavy atom. The van der Waals surface area contributed by atoms with E-state index < -0.39 is 8.07 Å². The Hall–Kier alpha value is -6.17. The van der Waals surface area contributed by atoms with E-state index in [9.17, 15) is 0 Å². The highest BCUT2D eigenvalue weighted by Crippen LogP contribution is 2.43. The predicted octanol–water partition coefficient (Wildman–Crippen LogP) is 10.4. The lowest BCUT2D eigenvalue weighted by Gasteiger charge is -2.19. The molecule has 0 unspecified atom stereocenters. The van der Waals surface area contributed by atoms with Gasteiger partial charge in [0.15, 0.2) is 17.5 Å². The van der Waals surface area contributed by atoms with Gasteiger partial charge in [-0.05, 0) is 50.0 Å². The number of hydrogen-bond acceptors (Lipinski definition) is 4. The number of benzene rings is 7. The van der Waals surface area contributed by atoms with Crippen LogP contribution in [0.4, 0.5) is 0 Å². The molecule has 0 amide bonds. The molecule has 0 aliphatic carbocycles. The third-order valence-corrected chi connectivity index (χ3v) is 13.9. The molecule has 0 bridgehead atoms. The molecule has 0 saturated heterocycles. The van der Waals surface area contributed by atoms with Gasteiger partial charge in [0.05, 0.1) is 0 Å². The first-order valence-electron chi connectivity index (χ1n) is 17.0. The van der Waals surface area contributed by atoms with Crippen molar-refractivity contribution in [1.29, 1.82) is 0 Å². The van der Waals surface area contributed by atoms with Crippen molar-refractivity contribution in [2.75, 3.05) is 0 Å². The summed E-state index contributed by atoms with van der Waals surface area (Å²) in [7, 11) is -2.06. The van der Waals surface area contributed by atoms with Crippen molar-refractivity contribution in [1.82, 2.24) is 15.0 Å². The van der Waals surface area contributed by atoms with Gasteiger partial charge in [-0.3, -0.25) is 0 Å². The van der Waals surface area contributed by atoms with E-state index in [1.165, 1.54) is 37.8 Å². The molecule has 1 aliphatic heterocycles. The highest BCUT2D eigenvalue weighted by Gasteiger charge is 2.40. The second-order valence-corrected chi connectivity index (χ2v) is 17.9. The minimum atomic E-state index is -2.06. The second kappa shape index (κ2) is 10.9. The van der Waals surface area contributed by atoms with Crippen molar-refractivity contribution in [2.24, 2.45) is 0 Å². The van der Waals surface area contributed by atoms with Crippen LogP contribution in [0.5, 0.6) is 0 Å². The zero-order valence-corrected chi connectivity index (χ0v) is 28.7. The second-order valence-electron chi connectivity index (χ2n) is 13.6. The maximum absolute atomic E-state index is 6.77. The minimum absolute atomic E-state index is 0.638. The first-order chi connectivity index (χ1) is 24.5. The first-order valence-corrected chi connectivity index (χ1v) is 20.0. The molecule has 0 radical (unpaired) electrons. The van der Waals surface area contributed by atoms with Gasteiger partial charge in [0.2, 0.25) is 0 Å². The molecule has 0 fully saturated rings. The fourth-order valence-electron chi connectivity index (χ4n) is 7.85. The van der Waals surface area contributed by atoms with Crippen LogP contribution in [0.3, 0.4) is 0 Å². The van der Waals surface area contributed by atoms with Crippen molar-refractivity contribution < 1.29 is 4.42 Å². The van der Waals surface area contributed by atoms with Crippen molar-refractivity contribution in [3.8, 4) is 56.4 Å². The maximum atomic E-state index is 6.77. The van der Waals surface area contributed by atoms with Crippen LogP contribution in [0.15, 0.2) is 156 Å². The van der Waals surface area contributed by atoms with E-state index in [4.69, 9.17) is 19.4 Å². The number of nitrogens with zero attached hydrogens (tertiary/aromatic N) is 3. The van der Waals surface area contributed by atoms with E-state index in [0.717, 1.165) is 44.2 Å². The van der Waals surface area contributed by atoms with Crippen molar-refractivity contribution in [2.45, 2.75) is 13.1 Å². The van der Waals surface area contributed by atoms with Gasteiger partial charge in [-0.2, -0.15) is 0 Å². The number of hydrogen-bond donors (Lipinski definition) is 0. The lowest BCUT2D eigenvalue weighted by atomic mass is 9.97.